The molecular weight excluding hydrogens is 1440 g/mol. The third-order valence-corrected chi connectivity index (χ3v) is 31.1. The van der Waals surface area contributed by atoms with E-state index in [2.05, 4.69) is 341 Å². The summed E-state index contributed by atoms with van der Waals surface area (Å²) in [6.07, 6.45) is 12.9. The van der Waals surface area contributed by atoms with Crippen molar-refractivity contribution in [1.82, 2.24) is 0 Å². The van der Waals surface area contributed by atoms with Gasteiger partial charge in [0.15, 0.2) is 0 Å². The fourth-order valence-corrected chi connectivity index (χ4v) is 26.7. The Bertz CT molecular complexity index is 6840. The summed E-state index contributed by atoms with van der Waals surface area (Å²) in [7, 11) is 0. The molecule has 119 heavy (non-hydrogen) atoms. The van der Waals surface area contributed by atoms with Gasteiger partial charge in [-0.2, -0.15) is 0 Å². The molecule has 27 rings (SSSR count). The Morgan fingerprint density at radius 2 is 0.546 bits per heavy atom. The molecule has 3 heteroatoms. The molecule has 8 saturated carbocycles. The third kappa shape index (κ3) is 10.6. The predicted octanol–water partition coefficient (Wildman–Crippen LogP) is 30.8. The highest BCUT2D eigenvalue weighted by molar-refractivity contribution is 5.97. The largest absolute Gasteiger partial charge is 0.310 e. The van der Waals surface area contributed by atoms with Gasteiger partial charge in [0, 0.05) is 61.3 Å². The Kier molecular flexibility index (Phi) is 14.9. The normalized spacial score (nSPS) is 24.0. The van der Waals surface area contributed by atoms with Crippen molar-refractivity contribution in [3.8, 4) is 100 Å². The number of benzene rings is 15. The van der Waals surface area contributed by atoms with E-state index < -0.39 is 0 Å². The quantitative estimate of drug-likeness (QED) is 0.127. The summed E-state index contributed by atoms with van der Waals surface area (Å²) in [4.78, 5) is 4.52. The molecule has 2 spiro atoms. The average molecular weight is 1540 g/mol. The lowest BCUT2D eigenvalue weighted by Crippen LogP contribution is -2.55. The molecule has 0 saturated heterocycles. The molecule has 8 fully saturated rings. The van der Waals surface area contributed by atoms with E-state index in [9.17, 15) is 2.74 Å². The van der Waals surface area contributed by atoms with E-state index in [0.717, 1.165) is 91.2 Å². The van der Waals surface area contributed by atoms with E-state index in [-0.39, 0.29) is 63.3 Å². The second kappa shape index (κ2) is 26.9. The molecule has 0 aliphatic heterocycles. The lowest BCUT2D eigenvalue weighted by molar-refractivity contribution is -0.0397. The molecule has 0 amide bonds. The molecule has 578 valence electrons. The van der Waals surface area contributed by atoms with Crippen LogP contribution in [0.5, 0.6) is 0 Å². The summed E-state index contributed by atoms with van der Waals surface area (Å²) in [5.74, 6) is 5.38. The number of nitrogens with zero attached hydrogens (tertiary/aromatic N) is 2. The predicted molar refractivity (Wildman–Crippen MR) is 491 cm³/mol. The number of halogens is 1. The molecule has 0 unspecified atom stereocenters. The van der Waals surface area contributed by atoms with E-state index in [1.54, 1.807) is 6.07 Å². The monoisotopic (exact) mass is 1540 g/mol. The Balaban J connectivity index is 0.000000141. The molecular formula is C116H97FN2. The molecule has 0 atom stereocenters. The molecule has 15 aromatic carbocycles. The molecule has 12 aliphatic carbocycles. The van der Waals surface area contributed by atoms with Crippen molar-refractivity contribution >= 4 is 34.1 Å². The first kappa shape index (κ1) is 65.8. The molecule has 0 N–H and O–H groups in total. The fraction of sp³-hybridized carbons (Fsp3) is 0.224. The summed E-state index contributed by atoms with van der Waals surface area (Å²) in [5, 5.41) is 0. The van der Waals surface area contributed by atoms with Crippen molar-refractivity contribution in [3.63, 3.8) is 0 Å². The number of anilines is 6. The van der Waals surface area contributed by atoms with Crippen molar-refractivity contribution in [3.05, 3.63) is 396 Å². The first-order chi connectivity index (χ1) is 60.4. The van der Waals surface area contributed by atoms with Crippen LogP contribution >= 0.6 is 0 Å². The molecule has 8 bridgehead atoms. The number of rotatable bonds is 11. The highest BCUT2D eigenvalue weighted by atomic mass is 19.1. The van der Waals surface area contributed by atoms with E-state index in [1.165, 1.54) is 159 Å². The van der Waals surface area contributed by atoms with Crippen LogP contribution in [0.25, 0.3) is 100 Å². The summed E-state index contributed by atoms with van der Waals surface area (Å²) in [6, 6.07) is 112. The molecule has 0 heterocycles. The van der Waals surface area contributed by atoms with E-state index in [1.807, 2.05) is 6.07 Å². The Morgan fingerprint density at radius 1 is 0.244 bits per heavy atom. The summed E-state index contributed by atoms with van der Waals surface area (Å²) < 4.78 is 63.1. The first-order valence-corrected chi connectivity index (χ1v) is 43.8. The molecule has 0 aromatic heterocycles. The van der Waals surface area contributed by atoms with Gasteiger partial charge in [-0.15, -0.1) is 0 Å². The molecule has 2 nitrogen and oxygen atoms in total. The minimum Gasteiger partial charge on any atom is -0.310 e. The van der Waals surface area contributed by atoms with E-state index in [0.29, 0.717) is 34.8 Å². The number of fused-ring (bicyclic) bond motifs is 12. The Labute approximate surface area is 707 Å². The van der Waals surface area contributed by atoms with Gasteiger partial charge in [0.05, 0.1) is 6.85 Å². The van der Waals surface area contributed by atoms with Gasteiger partial charge in [-0.3, -0.25) is 0 Å². The maximum absolute atomic E-state index is 17.4. The second-order valence-corrected chi connectivity index (χ2v) is 37.6. The van der Waals surface area contributed by atoms with Crippen LogP contribution in [0.2, 0.25) is 0 Å². The van der Waals surface area contributed by atoms with Gasteiger partial charge in [0.2, 0.25) is 0 Å². The maximum atomic E-state index is 17.4. The van der Waals surface area contributed by atoms with Crippen LogP contribution in [-0.2, 0) is 21.7 Å². The lowest BCUT2D eigenvalue weighted by Gasteiger charge is -2.61. The first-order valence-electron chi connectivity index (χ1n) is 46.3. The number of hydrogen-bond acceptors (Lipinski definition) is 2. The zero-order valence-corrected chi connectivity index (χ0v) is 68.0. The van der Waals surface area contributed by atoms with Crippen LogP contribution in [0.4, 0.5) is 38.5 Å². The highest BCUT2D eigenvalue weighted by Crippen LogP contribution is 2.73. The molecule has 0 radical (unpaired) electrons. The van der Waals surface area contributed by atoms with Crippen molar-refractivity contribution in [2.24, 2.45) is 47.3 Å². The zero-order chi connectivity index (χ0) is 83.6. The highest BCUT2D eigenvalue weighted by Gasteiger charge is 2.64. The van der Waals surface area contributed by atoms with Crippen LogP contribution in [0.3, 0.4) is 0 Å². The standard InChI is InChI=1S/C61H51N.C55H46FN/c1-60(2)56-22-11-9-18-50(56)52-31-29-48(38-58(52)60)62(46-26-24-42(25-27-46)41-14-5-3-6-15-41)47-28-30-49(55(37-47)43-16-7-4-8-17-43)53-20-13-21-54-51-19-10-12-23-57(51)61(59(53)54)44-33-39-32-40(35-44)36-45(61)34-39;1-54(2)49-17-8-6-13-43(49)45-25-23-41(32-51(45)54)57(40-21-19-37(20-22-40)36-11-4-3-5-12-36)42-24-26-46(52(56)33-42)48-16-10-15-47-44-14-7-9-18-50(44)55(53(47)48)38-28-34-27-35(30-38)31-39(55)29-34/h3-31,37-40,44-45H,32-36H2,1-2H3;3-26,32-35,38-39H,27-31H2,1-2H3/i4D,7D,8D,16D,17D;. The van der Waals surface area contributed by atoms with Crippen molar-refractivity contribution in [2.75, 3.05) is 9.80 Å². The summed E-state index contributed by atoms with van der Waals surface area (Å²) in [5.41, 5.74) is 35.6. The van der Waals surface area contributed by atoms with Crippen molar-refractivity contribution in [2.45, 2.75) is 114 Å². The Hall–Kier alpha value is -12.2. The van der Waals surface area contributed by atoms with Crippen molar-refractivity contribution in [1.29, 1.82) is 0 Å². The summed E-state index contributed by atoms with van der Waals surface area (Å²) >= 11 is 0. The lowest BCUT2D eigenvalue weighted by atomic mass is 9.42. The van der Waals surface area contributed by atoms with Crippen LogP contribution in [0.15, 0.2) is 346 Å². The fourth-order valence-electron chi connectivity index (χ4n) is 26.7. The maximum Gasteiger partial charge on any atom is 0.133 e. The van der Waals surface area contributed by atoms with Crippen LogP contribution in [0, 0.1) is 53.2 Å². The van der Waals surface area contributed by atoms with Crippen LogP contribution in [-0.4, -0.2) is 0 Å². The van der Waals surface area contributed by atoms with Gasteiger partial charge in [-0.25, -0.2) is 4.39 Å². The van der Waals surface area contributed by atoms with Gasteiger partial charge in [0.25, 0.3) is 0 Å². The van der Waals surface area contributed by atoms with E-state index >= 15 is 4.39 Å². The van der Waals surface area contributed by atoms with Gasteiger partial charge in [-0.1, -0.05) is 294 Å². The minimum absolute atomic E-state index is 0.0393. The van der Waals surface area contributed by atoms with Crippen LogP contribution in [0.1, 0.15) is 143 Å². The van der Waals surface area contributed by atoms with Gasteiger partial charge in [-0.05, 0) is 330 Å². The van der Waals surface area contributed by atoms with E-state index in [4.69, 9.17) is 4.11 Å². The third-order valence-electron chi connectivity index (χ3n) is 31.1. The van der Waals surface area contributed by atoms with Gasteiger partial charge >= 0.3 is 0 Å². The van der Waals surface area contributed by atoms with Crippen molar-refractivity contribution < 1.29 is 11.2 Å². The van der Waals surface area contributed by atoms with Crippen LogP contribution < -0.4 is 9.80 Å². The molecule has 12 aliphatic rings. The SMILES string of the molecule is CC1(C)c2ccccc2-c2ccc(N(c3ccc(-c4ccccc4)cc3)c3ccc(-c4cccc5c4C4(c6ccccc6-5)C5CC6CC(C5)CC4C6)c(F)c3)cc21.[2H]c1c([2H])c([2H])c(-c2cc(N(c3ccc(-c4ccccc4)cc3)c3ccc4c(c3)C(C)(C)c3ccccc3-4)ccc2-c2cccc3c2C2(c4ccccc4-3)C3CC4CC(C3)CC2C4)c([2H])c1[2H]. The topological polar surface area (TPSA) is 6.48 Å². The second-order valence-electron chi connectivity index (χ2n) is 37.6. The number of hydrogen-bond donors (Lipinski definition) is 0. The smallest absolute Gasteiger partial charge is 0.133 e. The van der Waals surface area contributed by atoms with Gasteiger partial charge in [0.1, 0.15) is 5.82 Å². The summed E-state index contributed by atoms with van der Waals surface area (Å²) in [6.45, 7) is 9.25. The minimum atomic E-state index is -0.387. The molecule has 15 aromatic rings. The Morgan fingerprint density at radius 3 is 0.958 bits per heavy atom. The zero-order valence-electron chi connectivity index (χ0n) is 73.0. The van der Waals surface area contributed by atoms with Gasteiger partial charge < -0.3 is 9.80 Å². The average Bonchev–Trinajstić information content (AvgIpc) is 1.49.